The fourth-order valence-corrected chi connectivity index (χ4v) is 3.76. The van der Waals surface area contributed by atoms with Crippen molar-refractivity contribution >= 4 is 29.9 Å². The van der Waals surface area contributed by atoms with Crippen molar-refractivity contribution in [2.24, 2.45) is 12.0 Å². The van der Waals surface area contributed by atoms with Gasteiger partial charge in [-0.1, -0.05) is 0 Å². The van der Waals surface area contributed by atoms with E-state index in [0.717, 1.165) is 19.3 Å². The van der Waals surface area contributed by atoms with Crippen LogP contribution >= 0.6 is 24.0 Å². The number of aromatic nitrogens is 2. The molecule has 0 saturated carbocycles. The van der Waals surface area contributed by atoms with Crippen LogP contribution in [0.4, 0.5) is 13.2 Å². The molecular weight excluding hydrogens is 490 g/mol. The summed E-state index contributed by atoms with van der Waals surface area (Å²) in [4.78, 5) is 7.93. The lowest BCUT2D eigenvalue weighted by atomic mass is 9.96. The minimum Gasteiger partial charge on any atom is -0.374 e. The molecule has 2 fully saturated rings. The first-order valence-corrected chi connectivity index (χ1v) is 9.22. The lowest BCUT2D eigenvalue weighted by molar-refractivity contribution is -0.272. The van der Waals surface area contributed by atoms with Gasteiger partial charge < -0.3 is 25.0 Å². The Kier molecular flexibility index (Phi) is 7.59. The predicted molar refractivity (Wildman–Crippen MR) is 109 cm³/mol. The average molecular weight is 517 g/mol. The Labute approximate surface area is 179 Å². The highest BCUT2D eigenvalue weighted by Gasteiger charge is 2.57. The summed E-state index contributed by atoms with van der Waals surface area (Å²) in [5.74, 6) is -0.00678. The van der Waals surface area contributed by atoms with E-state index in [4.69, 9.17) is 4.74 Å². The molecule has 1 aromatic heterocycles. The van der Waals surface area contributed by atoms with Gasteiger partial charge in [0.25, 0.3) is 0 Å². The number of aliphatic imine (C=N–C) groups is 1. The molecule has 0 aromatic carbocycles. The molecule has 2 saturated heterocycles. The van der Waals surface area contributed by atoms with Gasteiger partial charge in [-0.3, -0.25) is 4.99 Å². The fourth-order valence-electron chi connectivity index (χ4n) is 3.76. The van der Waals surface area contributed by atoms with Gasteiger partial charge in [0.15, 0.2) is 5.96 Å². The van der Waals surface area contributed by atoms with Crippen molar-refractivity contribution in [3.63, 3.8) is 0 Å². The van der Waals surface area contributed by atoms with E-state index in [1.54, 1.807) is 0 Å². The molecule has 4 unspecified atom stereocenters. The number of rotatable bonds is 6. The van der Waals surface area contributed by atoms with E-state index in [9.17, 15) is 18.3 Å². The molecule has 11 heteroatoms. The maximum absolute atomic E-state index is 13.5. The van der Waals surface area contributed by atoms with Crippen molar-refractivity contribution in [2.45, 2.75) is 62.6 Å². The fraction of sp³-hybridized carbons (Fsp3) is 0.765. The molecule has 3 heterocycles. The predicted octanol–water partition coefficient (Wildman–Crippen LogP) is 2.05. The minimum atomic E-state index is -4.86. The quantitative estimate of drug-likeness (QED) is 0.306. The third-order valence-electron chi connectivity index (χ3n) is 5.18. The third kappa shape index (κ3) is 4.73. The highest BCUT2D eigenvalue weighted by Crippen LogP contribution is 2.40. The lowest BCUT2D eigenvalue weighted by Crippen LogP contribution is -2.48. The second kappa shape index (κ2) is 9.16. The van der Waals surface area contributed by atoms with Gasteiger partial charge in [0.05, 0.1) is 18.2 Å². The van der Waals surface area contributed by atoms with Gasteiger partial charge in [0, 0.05) is 39.0 Å². The van der Waals surface area contributed by atoms with Crippen LogP contribution < -0.4 is 10.6 Å². The van der Waals surface area contributed by atoms with E-state index in [1.165, 1.54) is 24.0 Å². The zero-order valence-electron chi connectivity index (χ0n) is 15.9. The van der Waals surface area contributed by atoms with E-state index >= 15 is 0 Å². The van der Waals surface area contributed by atoms with Crippen LogP contribution in [-0.2, 0) is 17.4 Å². The van der Waals surface area contributed by atoms with Crippen molar-refractivity contribution in [1.82, 2.24) is 20.2 Å². The second-order valence-corrected chi connectivity index (χ2v) is 7.09. The molecule has 0 spiro atoms. The van der Waals surface area contributed by atoms with Crippen molar-refractivity contribution < 1.29 is 23.0 Å². The average Bonchev–Trinajstić information content (AvgIpc) is 3.30. The molecule has 2 aliphatic heterocycles. The summed E-state index contributed by atoms with van der Waals surface area (Å²) >= 11 is 0. The van der Waals surface area contributed by atoms with Gasteiger partial charge in [-0.2, -0.15) is 13.2 Å². The number of fused-ring (bicyclic) bond motifs is 2. The van der Waals surface area contributed by atoms with Gasteiger partial charge in [0.1, 0.15) is 5.82 Å². The van der Waals surface area contributed by atoms with Crippen LogP contribution in [-0.4, -0.2) is 58.1 Å². The van der Waals surface area contributed by atoms with Crippen LogP contribution in [0, 0.1) is 0 Å². The van der Waals surface area contributed by atoms with E-state index < -0.39 is 24.0 Å². The van der Waals surface area contributed by atoms with Crippen molar-refractivity contribution in [2.75, 3.05) is 13.1 Å². The van der Waals surface area contributed by atoms with Crippen LogP contribution in [0.1, 0.15) is 38.4 Å². The number of nitrogens with zero attached hydrogens (tertiary/aromatic N) is 3. The Morgan fingerprint density at radius 1 is 1.43 bits per heavy atom. The maximum Gasteiger partial charge on any atom is 0.424 e. The molecule has 7 nitrogen and oxygen atoms in total. The van der Waals surface area contributed by atoms with Crippen LogP contribution in [0.2, 0.25) is 0 Å². The van der Waals surface area contributed by atoms with Crippen molar-refractivity contribution in [3.05, 3.63) is 18.2 Å². The first-order valence-electron chi connectivity index (χ1n) is 9.22. The first-order chi connectivity index (χ1) is 12.7. The molecule has 160 valence electrons. The smallest absolute Gasteiger partial charge is 0.374 e. The molecule has 2 bridgehead atoms. The largest absolute Gasteiger partial charge is 0.424 e. The van der Waals surface area contributed by atoms with Gasteiger partial charge in [-0.25, -0.2) is 4.98 Å². The normalized spacial score (nSPS) is 26.6. The number of imidazole rings is 1. The number of guanidine groups is 1. The molecule has 3 rings (SSSR count). The summed E-state index contributed by atoms with van der Waals surface area (Å²) < 4.78 is 47.6. The molecule has 3 N–H and O–H groups in total. The number of alkyl halides is 3. The van der Waals surface area contributed by atoms with Crippen molar-refractivity contribution in [1.29, 1.82) is 0 Å². The number of hydrogen-bond donors (Lipinski definition) is 3. The topological polar surface area (TPSA) is 83.7 Å². The summed E-state index contributed by atoms with van der Waals surface area (Å²) in [7, 11) is 1.42. The molecule has 28 heavy (non-hydrogen) atoms. The Hall–Kier alpha value is -1.08. The Morgan fingerprint density at radius 2 is 2.18 bits per heavy atom. The molecule has 1 aromatic rings. The van der Waals surface area contributed by atoms with Crippen molar-refractivity contribution in [3.8, 4) is 0 Å². The summed E-state index contributed by atoms with van der Waals surface area (Å²) in [5, 5.41) is 16.7. The molecular formula is C17H27F3IN5O2. The monoisotopic (exact) mass is 517 g/mol. The van der Waals surface area contributed by atoms with Crippen LogP contribution in [0.3, 0.4) is 0 Å². The lowest BCUT2D eigenvalue weighted by Gasteiger charge is -2.29. The Bertz CT molecular complexity index is 684. The molecule has 4 atom stereocenters. The zero-order chi connectivity index (χ0) is 19.7. The highest BCUT2D eigenvalue weighted by atomic mass is 127. The summed E-state index contributed by atoms with van der Waals surface area (Å²) in [6, 6.07) is 0.109. The molecule has 0 radical (unpaired) electrons. The second-order valence-electron chi connectivity index (χ2n) is 7.09. The number of aryl methyl sites for hydroxylation is 1. The van der Waals surface area contributed by atoms with Gasteiger partial charge in [-0.15, -0.1) is 24.0 Å². The number of halogens is 4. The molecule has 2 aliphatic rings. The van der Waals surface area contributed by atoms with Gasteiger partial charge in [0.2, 0.25) is 5.60 Å². The SMILES string of the molecule is CCNC(=NCCC(O)(c1nccn1C)C(F)(F)F)NC1CC2CCC1O2.I. The van der Waals surface area contributed by atoms with Crippen LogP contribution in [0.25, 0.3) is 0 Å². The van der Waals surface area contributed by atoms with E-state index in [1.807, 2.05) is 6.92 Å². The summed E-state index contributed by atoms with van der Waals surface area (Å²) in [5.41, 5.74) is -3.05. The first kappa shape index (κ1) is 23.2. The third-order valence-corrected chi connectivity index (χ3v) is 5.18. The summed E-state index contributed by atoms with van der Waals surface area (Å²) in [6.45, 7) is 2.25. The standard InChI is InChI=1S/C17H26F3N5O2.HI/c1-3-21-15(24-12-10-11-4-5-13(12)27-11)23-7-6-16(26,17(18,19)20)14-22-8-9-25(14)2;/h8-9,11-13,26H,3-7,10H2,1-2H3,(H2,21,23,24);1H. The van der Waals surface area contributed by atoms with E-state index in [-0.39, 0.29) is 48.8 Å². The molecule has 0 amide bonds. The van der Waals surface area contributed by atoms with Crippen LogP contribution in [0.5, 0.6) is 0 Å². The van der Waals surface area contributed by atoms with Crippen LogP contribution in [0.15, 0.2) is 17.4 Å². The Balaban J connectivity index is 0.00000280. The number of nitrogens with one attached hydrogen (secondary N) is 2. The number of hydrogen-bond acceptors (Lipinski definition) is 4. The van der Waals surface area contributed by atoms with E-state index in [0.29, 0.717) is 12.5 Å². The number of aliphatic hydroxyl groups is 1. The van der Waals surface area contributed by atoms with Gasteiger partial charge >= 0.3 is 6.18 Å². The Morgan fingerprint density at radius 3 is 2.68 bits per heavy atom. The minimum absolute atomic E-state index is 0. The number of ether oxygens (including phenoxy) is 1. The van der Waals surface area contributed by atoms with E-state index in [2.05, 4.69) is 20.6 Å². The van der Waals surface area contributed by atoms with Gasteiger partial charge in [-0.05, 0) is 26.2 Å². The zero-order valence-corrected chi connectivity index (χ0v) is 18.2. The maximum atomic E-state index is 13.5. The molecule has 0 aliphatic carbocycles. The summed E-state index contributed by atoms with van der Waals surface area (Å²) in [6.07, 6.45) is 0.415. The highest BCUT2D eigenvalue weighted by molar-refractivity contribution is 14.0.